The number of amides is 1. The maximum absolute atomic E-state index is 13.2. The quantitative estimate of drug-likeness (QED) is 0.556. The van der Waals surface area contributed by atoms with Gasteiger partial charge in [-0.25, -0.2) is 12.8 Å². The molecule has 0 fully saturated rings. The zero-order chi connectivity index (χ0) is 22.6. The molecule has 6 nitrogen and oxygen atoms in total. The Morgan fingerprint density at radius 2 is 1.65 bits per heavy atom. The van der Waals surface area contributed by atoms with Crippen molar-refractivity contribution in [1.29, 1.82) is 0 Å². The Labute approximate surface area is 181 Å². The molecule has 0 saturated heterocycles. The second-order valence-electron chi connectivity index (χ2n) is 6.95. The van der Waals surface area contributed by atoms with Crippen molar-refractivity contribution in [2.24, 2.45) is 0 Å². The van der Waals surface area contributed by atoms with Crippen LogP contribution in [-0.2, 0) is 16.6 Å². The number of halogens is 1. The summed E-state index contributed by atoms with van der Waals surface area (Å²) in [6.45, 7) is 0.301. The average molecular weight is 443 g/mol. The second kappa shape index (κ2) is 9.18. The highest BCUT2D eigenvalue weighted by Gasteiger charge is 2.23. The summed E-state index contributed by atoms with van der Waals surface area (Å²) in [6, 6.07) is 18.4. The summed E-state index contributed by atoms with van der Waals surface area (Å²) < 4.78 is 45.6. The van der Waals surface area contributed by atoms with Gasteiger partial charge in [-0.2, -0.15) is 0 Å². The van der Waals surface area contributed by atoms with Gasteiger partial charge in [0.1, 0.15) is 11.6 Å². The Morgan fingerprint density at radius 1 is 0.968 bits per heavy atom. The molecule has 1 amide bonds. The van der Waals surface area contributed by atoms with Crippen LogP contribution in [-0.4, -0.2) is 40.4 Å². The fraction of sp³-hybridized carbons (Fsp3) is 0.174. The number of nitrogens with zero attached hydrogens (tertiary/aromatic N) is 2. The van der Waals surface area contributed by atoms with Crippen molar-refractivity contribution in [2.45, 2.75) is 11.4 Å². The molecular formula is C23H23FN2O4S. The van der Waals surface area contributed by atoms with Gasteiger partial charge in [-0.1, -0.05) is 24.3 Å². The summed E-state index contributed by atoms with van der Waals surface area (Å²) in [5.41, 5.74) is 1.39. The Bertz CT molecular complexity index is 1180. The molecule has 3 rings (SSSR count). The molecule has 162 valence electrons. The standard InChI is InChI=1S/C23H23FN2O4S/c1-25(16-18-7-4-5-10-22(18)30-3)23(27)17-8-6-9-21(15-17)31(28,29)26(2)20-13-11-19(24)12-14-20/h4-15H,16H2,1-3H3. The monoisotopic (exact) mass is 442 g/mol. The first-order chi connectivity index (χ1) is 14.7. The normalized spacial score (nSPS) is 11.1. The predicted octanol–water partition coefficient (Wildman–Crippen LogP) is 3.93. The molecule has 0 heterocycles. The minimum atomic E-state index is -3.94. The molecular weight excluding hydrogens is 419 g/mol. The summed E-state index contributed by atoms with van der Waals surface area (Å²) in [4.78, 5) is 14.4. The minimum absolute atomic E-state index is 0.0316. The number of ether oxygens (including phenoxy) is 1. The van der Waals surface area contributed by atoms with E-state index in [9.17, 15) is 17.6 Å². The molecule has 3 aromatic rings. The van der Waals surface area contributed by atoms with Gasteiger partial charge in [-0.05, 0) is 48.5 Å². The van der Waals surface area contributed by atoms with E-state index in [0.29, 0.717) is 18.0 Å². The first-order valence-electron chi connectivity index (χ1n) is 9.46. The van der Waals surface area contributed by atoms with Crippen molar-refractivity contribution in [3.05, 3.63) is 89.7 Å². The van der Waals surface area contributed by atoms with Crippen LogP contribution in [0.3, 0.4) is 0 Å². The van der Waals surface area contributed by atoms with Gasteiger partial charge in [0.05, 0.1) is 17.7 Å². The van der Waals surface area contributed by atoms with Crippen molar-refractivity contribution in [3.63, 3.8) is 0 Å². The lowest BCUT2D eigenvalue weighted by molar-refractivity contribution is 0.0784. The average Bonchev–Trinajstić information content (AvgIpc) is 2.79. The smallest absolute Gasteiger partial charge is 0.264 e. The lowest BCUT2D eigenvalue weighted by Gasteiger charge is -2.21. The molecule has 0 radical (unpaired) electrons. The third-order valence-electron chi connectivity index (χ3n) is 4.88. The van der Waals surface area contributed by atoms with Crippen LogP contribution < -0.4 is 9.04 Å². The van der Waals surface area contributed by atoms with E-state index < -0.39 is 15.8 Å². The number of hydrogen-bond acceptors (Lipinski definition) is 4. The Morgan fingerprint density at radius 3 is 2.32 bits per heavy atom. The highest BCUT2D eigenvalue weighted by atomic mass is 32.2. The van der Waals surface area contributed by atoms with E-state index in [1.807, 2.05) is 24.3 Å². The summed E-state index contributed by atoms with van der Waals surface area (Å²) in [6.07, 6.45) is 0. The van der Waals surface area contributed by atoms with E-state index in [1.165, 1.54) is 54.4 Å². The van der Waals surface area contributed by atoms with Gasteiger partial charge in [-0.15, -0.1) is 0 Å². The van der Waals surface area contributed by atoms with Crippen LogP contribution in [0.2, 0.25) is 0 Å². The first kappa shape index (κ1) is 22.3. The third-order valence-corrected chi connectivity index (χ3v) is 6.66. The lowest BCUT2D eigenvalue weighted by Crippen LogP contribution is -2.28. The Hall–Kier alpha value is -3.39. The van der Waals surface area contributed by atoms with E-state index >= 15 is 0 Å². The molecule has 0 N–H and O–H groups in total. The highest BCUT2D eigenvalue weighted by molar-refractivity contribution is 7.92. The number of rotatable bonds is 7. The van der Waals surface area contributed by atoms with E-state index in [4.69, 9.17) is 4.74 Å². The second-order valence-corrected chi connectivity index (χ2v) is 8.92. The van der Waals surface area contributed by atoms with E-state index in [-0.39, 0.29) is 16.4 Å². The first-order valence-corrected chi connectivity index (χ1v) is 10.9. The zero-order valence-corrected chi connectivity index (χ0v) is 18.3. The minimum Gasteiger partial charge on any atom is -0.496 e. The summed E-state index contributed by atoms with van der Waals surface area (Å²) in [5, 5.41) is 0. The molecule has 0 spiro atoms. The Kier molecular flexibility index (Phi) is 6.60. The van der Waals surface area contributed by atoms with E-state index in [1.54, 1.807) is 20.2 Å². The van der Waals surface area contributed by atoms with Gasteiger partial charge in [0.25, 0.3) is 15.9 Å². The number of carbonyl (C=O) groups excluding carboxylic acids is 1. The van der Waals surface area contributed by atoms with Crippen LogP contribution in [0.4, 0.5) is 10.1 Å². The summed E-state index contributed by atoms with van der Waals surface area (Å²) in [7, 11) is 0.645. The molecule has 0 aromatic heterocycles. The lowest BCUT2D eigenvalue weighted by atomic mass is 10.1. The fourth-order valence-electron chi connectivity index (χ4n) is 3.12. The van der Waals surface area contributed by atoms with E-state index in [0.717, 1.165) is 9.87 Å². The SMILES string of the molecule is COc1ccccc1CN(C)C(=O)c1cccc(S(=O)(=O)N(C)c2ccc(F)cc2)c1. The van der Waals surface area contributed by atoms with Crippen LogP contribution in [0.25, 0.3) is 0 Å². The molecule has 0 bridgehead atoms. The van der Waals surface area contributed by atoms with Crippen LogP contribution in [0.1, 0.15) is 15.9 Å². The molecule has 0 aliphatic heterocycles. The summed E-state index contributed by atoms with van der Waals surface area (Å²) in [5.74, 6) is -0.119. The van der Waals surface area contributed by atoms with Crippen LogP contribution in [0.5, 0.6) is 5.75 Å². The van der Waals surface area contributed by atoms with Gasteiger partial charge in [-0.3, -0.25) is 9.10 Å². The number of para-hydroxylation sites is 1. The van der Waals surface area contributed by atoms with Gasteiger partial charge >= 0.3 is 0 Å². The molecule has 8 heteroatoms. The van der Waals surface area contributed by atoms with Gasteiger partial charge < -0.3 is 9.64 Å². The molecule has 3 aromatic carbocycles. The van der Waals surface area contributed by atoms with Crippen molar-refractivity contribution in [2.75, 3.05) is 25.5 Å². The van der Waals surface area contributed by atoms with Crippen molar-refractivity contribution >= 4 is 21.6 Å². The molecule has 0 atom stereocenters. The highest BCUT2D eigenvalue weighted by Crippen LogP contribution is 2.24. The van der Waals surface area contributed by atoms with Crippen molar-refractivity contribution < 1.29 is 22.3 Å². The maximum Gasteiger partial charge on any atom is 0.264 e. The largest absolute Gasteiger partial charge is 0.496 e. The number of hydrogen-bond donors (Lipinski definition) is 0. The number of benzene rings is 3. The van der Waals surface area contributed by atoms with Crippen LogP contribution in [0.15, 0.2) is 77.7 Å². The van der Waals surface area contributed by atoms with Gasteiger partial charge in [0.2, 0.25) is 0 Å². The Balaban J connectivity index is 1.84. The molecule has 0 unspecified atom stereocenters. The van der Waals surface area contributed by atoms with Crippen LogP contribution in [0, 0.1) is 5.82 Å². The number of carbonyl (C=O) groups is 1. The zero-order valence-electron chi connectivity index (χ0n) is 17.4. The number of sulfonamides is 1. The topological polar surface area (TPSA) is 66.9 Å². The van der Waals surface area contributed by atoms with Crippen molar-refractivity contribution in [1.82, 2.24) is 4.90 Å². The van der Waals surface area contributed by atoms with Crippen LogP contribution >= 0.6 is 0 Å². The predicted molar refractivity (Wildman–Crippen MR) is 117 cm³/mol. The van der Waals surface area contributed by atoms with Gasteiger partial charge in [0.15, 0.2) is 0 Å². The number of methoxy groups -OCH3 is 1. The maximum atomic E-state index is 13.2. The summed E-state index contributed by atoms with van der Waals surface area (Å²) >= 11 is 0. The fourth-order valence-corrected chi connectivity index (χ4v) is 4.36. The molecule has 0 aliphatic rings. The third kappa shape index (κ3) is 4.86. The molecule has 0 aliphatic carbocycles. The van der Waals surface area contributed by atoms with Gasteiger partial charge in [0, 0.05) is 31.8 Å². The van der Waals surface area contributed by atoms with E-state index in [2.05, 4.69) is 0 Å². The molecule has 31 heavy (non-hydrogen) atoms. The van der Waals surface area contributed by atoms with Crippen molar-refractivity contribution in [3.8, 4) is 5.75 Å². The number of anilines is 1. The molecule has 0 saturated carbocycles.